The van der Waals surface area contributed by atoms with Crippen molar-refractivity contribution in [3.8, 4) is 17.2 Å². The molecule has 4 N–H and O–H groups in total. The lowest BCUT2D eigenvalue weighted by molar-refractivity contribution is -0.131. The summed E-state index contributed by atoms with van der Waals surface area (Å²) in [6.07, 6.45) is 6.47. The van der Waals surface area contributed by atoms with Crippen LogP contribution >= 0.6 is 0 Å². The van der Waals surface area contributed by atoms with Gasteiger partial charge in [0.05, 0.1) is 26.8 Å². The van der Waals surface area contributed by atoms with E-state index in [0.717, 1.165) is 58.9 Å². The molecular formula is C37H43N5O5. The quantitative estimate of drug-likeness (QED) is 0.147. The number of hydrogen-bond donors (Lipinski definition) is 4. The van der Waals surface area contributed by atoms with Crippen molar-refractivity contribution in [3.63, 3.8) is 0 Å². The Hall–Kier alpha value is -4.96. The monoisotopic (exact) mass is 637 g/mol. The summed E-state index contributed by atoms with van der Waals surface area (Å²) >= 11 is 0. The Kier molecular flexibility index (Phi) is 9.68. The van der Waals surface area contributed by atoms with Crippen LogP contribution in [0.5, 0.6) is 17.2 Å². The van der Waals surface area contributed by atoms with Crippen molar-refractivity contribution in [2.45, 2.75) is 44.7 Å². The molecule has 3 heterocycles. The van der Waals surface area contributed by atoms with Crippen molar-refractivity contribution >= 4 is 33.6 Å². The minimum absolute atomic E-state index is 0.0556. The normalized spacial score (nSPS) is 14.7. The van der Waals surface area contributed by atoms with E-state index in [-0.39, 0.29) is 23.6 Å². The van der Waals surface area contributed by atoms with Gasteiger partial charge in [0.2, 0.25) is 11.8 Å². The van der Waals surface area contributed by atoms with Crippen LogP contribution in [0.15, 0.2) is 73.1 Å². The molecule has 1 fully saturated rings. The maximum Gasteiger partial charge on any atom is 0.234 e. The Labute approximate surface area is 274 Å². The first-order chi connectivity index (χ1) is 22.8. The number of piperidine rings is 1. The number of methoxy groups -OCH3 is 2. The van der Waals surface area contributed by atoms with Crippen molar-refractivity contribution in [2.75, 3.05) is 40.4 Å². The molecule has 0 radical (unpaired) electrons. The smallest absolute Gasteiger partial charge is 0.234 e. The summed E-state index contributed by atoms with van der Waals surface area (Å²) in [5.74, 6) is 1.72. The molecule has 5 aromatic rings. The molecule has 3 aromatic carbocycles. The summed E-state index contributed by atoms with van der Waals surface area (Å²) in [6, 6.07) is 18.9. The first-order valence-corrected chi connectivity index (χ1v) is 16.1. The summed E-state index contributed by atoms with van der Waals surface area (Å²) in [4.78, 5) is 37.1. The zero-order chi connectivity index (χ0) is 32.9. The van der Waals surface area contributed by atoms with Crippen LogP contribution in [0.4, 0.5) is 0 Å². The van der Waals surface area contributed by atoms with Gasteiger partial charge in [-0.15, -0.1) is 0 Å². The number of rotatable bonds is 12. The van der Waals surface area contributed by atoms with E-state index in [9.17, 15) is 14.7 Å². The Morgan fingerprint density at radius 3 is 2.47 bits per heavy atom. The molecule has 6 rings (SSSR count). The molecule has 10 nitrogen and oxygen atoms in total. The number of likely N-dealkylation sites (tertiary alicyclic amines) is 1. The highest BCUT2D eigenvalue weighted by Gasteiger charge is 2.26. The maximum absolute atomic E-state index is 13.6. The number of phenolic OH excluding ortho intramolecular Hbond substituents is 1. The van der Waals surface area contributed by atoms with Gasteiger partial charge in [0.15, 0.2) is 11.5 Å². The van der Waals surface area contributed by atoms with E-state index in [4.69, 9.17) is 9.47 Å². The largest absolute Gasteiger partial charge is 0.508 e. The zero-order valence-corrected chi connectivity index (χ0v) is 27.2. The average molecular weight is 638 g/mol. The maximum atomic E-state index is 13.6. The number of aromatic nitrogens is 2. The average Bonchev–Trinajstić information content (AvgIpc) is 3.68. The van der Waals surface area contributed by atoms with Gasteiger partial charge in [-0.2, -0.15) is 0 Å². The van der Waals surface area contributed by atoms with Crippen LogP contribution in [0.1, 0.15) is 42.4 Å². The third kappa shape index (κ3) is 7.38. The highest BCUT2D eigenvalue weighted by atomic mass is 16.5. The van der Waals surface area contributed by atoms with Crippen molar-refractivity contribution in [1.29, 1.82) is 0 Å². The van der Waals surface area contributed by atoms with Crippen LogP contribution in [0.25, 0.3) is 21.8 Å². The van der Waals surface area contributed by atoms with E-state index in [2.05, 4.69) is 32.4 Å². The highest BCUT2D eigenvalue weighted by molar-refractivity contribution is 5.85. The summed E-state index contributed by atoms with van der Waals surface area (Å²) in [5, 5.41) is 15.5. The summed E-state index contributed by atoms with van der Waals surface area (Å²) < 4.78 is 10.9. The second-order valence-corrected chi connectivity index (χ2v) is 12.4. The number of carbonyl (C=O) groups excluding carboxylic acids is 2. The fourth-order valence-electron chi connectivity index (χ4n) is 6.84. The molecule has 0 saturated carbocycles. The molecule has 1 aliphatic heterocycles. The predicted molar refractivity (Wildman–Crippen MR) is 183 cm³/mol. The van der Waals surface area contributed by atoms with Crippen LogP contribution in [0.3, 0.4) is 0 Å². The second kappa shape index (κ2) is 14.2. The Balaban J connectivity index is 1.14. The molecule has 0 unspecified atom stereocenters. The van der Waals surface area contributed by atoms with E-state index in [0.29, 0.717) is 43.5 Å². The van der Waals surface area contributed by atoms with E-state index in [1.54, 1.807) is 32.1 Å². The minimum Gasteiger partial charge on any atom is -0.508 e. The van der Waals surface area contributed by atoms with Gasteiger partial charge in [-0.3, -0.25) is 14.5 Å². The number of benzene rings is 3. The molecule has 10 heteroatoms. The van der Waals surface area contributed by atoms with Crippen LogP contribution in [0, 0.1) is 0 Å². The van der Waals surface area contributed by atoms with Crippen LogP contribution in [-0.2, 0) is 22.6 Å². The second-order valence-electron chi connectivity index (χ2n) is 12.4. The molecular weight excluding hydrogens is 594 g/mol. The fourth-order valence-corrected chi connectivity index (χ4v) is 6.84. The summed E-state index contributed by atoms with van der Waals surface area (Å²) in [6.45, 7) is 4.18. The number of ether oxygens (including phenoxy) is 2. The third-order valence-electron chi connectivity index (χ3n) is 9.31. The minimum atomic E-state index is -0.304. The number of para-hydroxylation sites is 1. The third-order valence-corrected chi connectivity index (χ3v) is 9.31. The van der Waals surface area contributed by atoms with Gasteiger partial charge in [-0.25, -0.2) is 0 Å². The number of H-pyrrole nitrogens is 2. The van der Waals surface area contributed by atoms with Gasteiger partial charge in [0, 0.05) is 54.2 Å². The Morgan fingerprint density at radius 2 is 1.70 bits per heavy atom. The lowest BCUT2D eigenvalue weighted by Crippen LogP contribution is -2.49. The van der Waals surface area contributed by atoms with Crippen LogP contribution in [0.2, 0.25) is 0 Å². The van der Waals surface area contributed by atoms with Gasteiger partial charge in [-0.05, 0) is 91.4 Å². The van der Waals surface area contributed by atoms with Gasteiger partial charge >= 0.3 is 0 Å². The number of phenols is 1. The standard InChI is InChI=1S/C37H43N5O5/c1-24(43)42(21-25-8-11-35(46-2)36(16-25)47-3)22-28(17-27-19-38-33-7-5-4-6-30(27)33)40-37(45)23-41-14-12-26(13-15-41)32-20-39-34-10-9-29(44)18-31(32)34/h4-11,16,18-20,26,28,38-39,44H,12-15,17,21-23H2,1-3H3,(H,40,45)/t28-/m1/s1. The van der Waals surface area contributed by atoms with Crippen molar-refractivity contribution < 1.29 is 24.2 Å². The molecule has 1 saturated heterocycles. The Morgan fingerprint density at radius 1 is 0.957 bits per heavy atom. The predicted octanol–water partition coefficient (Wildman–Crippen LogP) is 5.33. The molecule has 246 valence electrons. The number of hydrogen-bond acceptors (Lipinski definition) is 6. The highest BCUT2D eigenvalue weighted by Crippen LogP contribution is 2.34. The van der Waals surface area contributed by atoms with E-state index in [1.165, 1.54) is 5.56 Å². The fraction of sp³-hybridized carbons (Fsp3) is 0.351. The molecule has 47 heavy (non-hydrogen) atoms. The van der Waals surface area contributed by atoms with Crippen LogP contribution in [-0.4, -0.2) is 83.1 Å². The number of fused-ring (bicyclic) bond motifs is 2. The van der Waals surface area contributed by atoms with Crippen LogP contribution < -0.4 is 14.8 Å². The summed E-state index contributed by atoms with van der Waals surface area (Å²) in [5.41, 5.74) is 5.27. The number of carbonyl (C=O) groups is 2. The molecule has 2 amide bonds. The summed E-state index contributed by atoms with van der Waals surface area (Å²) in [7, 11) is 3.18. The molecule has 2 aromatic heterocycles. The molecule has 0 spiro atoms. The number of aromatic hydroxyl groups is 1. The Bertz CT molecular complexity index is 1850. The lowest BCUT2D eigenvalue weighted by atomic mass is 9.89. The van der Waals surface area contributed by atoms with Gasteiger partial charge in [-0.1, -0.05) is 24.3 Å². The molecule has 1 aliphatic rings. The number of amides is 2. The molecule has 0 aliphatic carbocycles. The molecule has 0 bridgehead atoms. The van der Waals surface area contributed by atoms with Crippen molar-refractivity contribution in [2.24, 2.45) is 0 Å². The van der Waals surface area contributed by atoms with Gasteiger partial charge in [0.25, 0.3) is 0 Å². The topological polar surface area (TPSA) is 123 Å². The number of nitrogens with zero attached hydrogens (tertiary/aromatic N) is 2. The van der Waals surface area contributed by atoms with E-state index < -0.39 is 0 Å². The van der Waals surface area contributed by atoms with E-state index in [1.807, 2.05) is 54.7 Å². The van der Waals surface area contributed by atoms with E-state index >= 15 is 0 Å². The van der Waals surface area contributed by atoms with Crippen molar-refractivity contribution in [3.05, 3.63) is 89.7 Å². The van der Waals surface area contributed by atoms with Gasteiger partial charge in [0.1, 0.15) is 5.75 Å². The number of nitrogens with one attached hydrogen (secondary N) is 3. The van der Waals surface area contributed by atoms with Gasteiger partial charge < -0.3 is 34.8 Å². The number of aromatic amines is 2. The first-order valence-electron chi connectivity index (χ1n) is 16.1. The SMILES string of the molecule is COc1ccc(CN(C[C@@H](Cc2c[nH]c3ccccc23)NC(=O)CN2CCC(c3c[nH]c4ccc(O)cc34)CC2)C(C)=O)cc1OC. The lowest BCUT2D eigenvalue weighted by Gasteiger charge is -2.32. The van der Waals surface area contributed by atoms with Crippen molar-refractivity contribution in [1.82, 2.24) is 25.1 Å². The first kappa shape index (κ1) is 32.0. The molecule has 1 atom stereocenters. The zero-order valence-electron chi connectivity index (χ0n) is 27.2.